The molecule has 0 radical (unpaired) electrons. The molecule has 1 aromatic rings. The predicted molar refractivity (Wildman–Crippen MR) is 58.1 cm³/mol. The number of nitro groups is 1. The second kappa shape index (κ2) is 4.19. The lowest BCUT2D eigenvalue weighted by atomic mass is 10.1. The molecule has 3 nitrogen and oxygen atoms in total. The average molecular weight is 309 g/mol. The van der Waals surface area contributed by atoms with E-state index in [1.165, 1.54) is 12.1 Å². The zero-order valence-electron chi connectivity index (χ0n) is 6.83. The highest BCUT2D eigenvalue weighted by atomic mass is 79.9. The molecule has 0 amide bonds. The smallest absolute Gasteiger partial charge is 0.258 e. The summed E-state index contributed by atoms with van der Waals surface area (Å²) in [7, 11) is 0. The van der Waals surface area contributed by atoms with Gasteiger partial charge in [0.1, 0.15) is 0 Å². The maximum Gasteiger partial charge on any atom is 0.270 e. The highest BCUT2D eigenvalue weighted by Gasteiger charge is 2.11. The summed E-state index contributed by atoms with van der Waals surface area (Å²) in [6.07, 6.45) is 0. The highest BCUT2D eigenvalue weighted by molar-refractivity contribution is 9.11. The lowest BCUT2D eigenvalue weighted by Gasteiger charge is -2.05. The molecule has 1 unspecified atom stereocenters. The molecule has 0 aromatic heterocycles. The molecule has 1 rings (SSSR count). The molecule has 0 N–H and O–H groups in total. The zero-order valence-corrected chi connectivity index (χ0v) is 10.0. The van der Waals surface area contributed by atoms with E-state index in [0.29, 0.717) is 0 Å². The second-order valence-electron chi connectivity index (χ2n) is 2.58. The maximum absolute atomic E-state index is 10.4. The molecule has 0 saturated heterocycles. The van der Waals surface area contributed by atoms with Crippen LogP contribution in [0.15, 0.2) is 22.7 Å². The van der Waals surface area contributed by atoms with Crippen LogP contribution in [0.2, 0.25) is 0 Å². The Labute approximate surface area is 92.5 Å². The summed E-state index contributed by atoms with van der Waals surface area (Å²) in [4.78, 5) is 10.2. The number of non-ortho nitro benzene ring substituents is 1. The molecule has 5 heteroatoms. The first kappa shape index (κ1) is 10.7. The van der Waals surface area contributed by atoms with Crippen LogP contribution >= 0.6 is 31.9 Å². The number of benzene rings is 1. The Morgan fingerprint density at radius 2 is 2.15 bits per heavy atom. The van der Waals surface area contributed by atoms with Crippen molar-refractivity contribution in [2.75, 3.05) is 0 Å². The van der Waals surface area contributed by atoms with E-state index in [4.69, 9.17) is 0 Å². The van der Waals surface area contributed by atoms with Gasteiger partial charge in [-0.2, -0.15) is 0 Å². The summed E-state index contributed by atoms with van der Waals surface area (Å²) in [6.45, 7) is 1.96. The summed E-state index contributed by atoms with van der Waals surface area (Å²) in [6, 6.07) is 4.74. The maximum atomic E-state index is 10.4. The standard InChI is InChI=1S/C8H7Br2NO2/c1-5(9)7-3-2-6(11(12)13)4-8(7)10/h2-5H,1H3. The van der Waals surface area contributed by atoms with Gasteiger partial charge in [-0.3, -0.25) is 10.1 Å². The van der Waals surface area contributed by atoms with Crippen molar-refractivity contribution in [1.29, 1.82) is 0 Å². The molecule has 1 atom stereocenters. The highest BCUT2D eigenvalue weighted by Crippen LogP contribution is 2.31. The van der Waals surface area contributed by atoms with Gasteiger partial charge in [0.25, 0.3) is 5.69 Å². The van der Waals surface area contributed by atoms with Gasteiger partial charge in [0.15, 0.2) is 0 Å². The third-order valence-corrected chi connectivity index (χ3v) is 2.80. The largest absolute Gasteiger partial charge is 0.270 e. The van der Waals surface area contributed by atoms with Gasteiger partial charge in [0, 0.05) is 21.4 Å². The average Bonchev–Trinajstić information content (AvgIpc) is 2.03. The number of hydrogen-bond acceptors (Lipinski definition) is 2. The Balaban J connectivity index is 3.13. The van der Waals surface area contributed by atoms with E-state index in [9.17, 15) is 10.1 Å². The van der Waals surface area contributed by atoms with Gasteiger partial charge < -0.3 is 0 Å². The van der Waals surface area contributed by atoms with Crippen molar-refractivity contribution >= 4 is 37.5 Å². The summed E-state index contributed by atoms with van der Waals surface area (Å²) < 4.78 is 0.756. The molecule has 0 aliphatic rings. The number of nitrogens with zero attached hydrogens (tertiary/aromatic N) is 1. The van der Waals surface area contributed by atoms with Crippen molar-refractivity contribution in [3.05, 3.63) is 38.3 Å². The summed E-state index contributed by atoms with van der Waals surface area (Å²) >= 11 is 6.68. The lowest BCUT2D eigenvalue weighted by Crippen LogP contribution is -1.91. The van der Waals surface area contributed by atoms with Crippen molar-refractivity contribution in [1.82, 2.24) is 0 Å². The van der Waals surface area contributed by atoms with E-state index in [0.717, 1.165) is 10.0 Å². The summed E-state index contributed by atoms with van der Waals surface area (Å²) in [5.74, 6) is 0. The van der Waals surface area contributed by atoms with Gasteiger partial charge in [-0.1, -0.05) is 31.9 Å². The van der Waals surface area contributed by atoms with Crippen LogP contribution in [0.3, 0.4) is 0 Å². The third kappa shape index (κ3) is 2.51. The first-order chi connectivity index (χ1) is 6.02. The molecular formula is C8H7Br2NO2. The van der Waals surface area contributed by atoms with Crippen molar-refractivity contribution in [2.24, 2.45) is 0 Å². The van der Waals surface area contributed by atoms with Crippen LogP contribution in [0.4, 0.5) is 5.69 Å². The Kier molecular flexibility index (Phi) is 3.44. The van der Waals surface area contributed by atoms with Crippen LogP contribution in [-0.2, 0) is 0 Å². The van der Waals surface area contributed by atoms with E-state index >= 15 is 0 Å². The van der Waals surface area contributed by atoms with Crippen LogP contribution in [0, 0.1) is 10.1 Å². The SMILES string of the molecule is CC(Br)c1ccc([N+](=O)[O-])cc1Br. The Morgan fingerprint density at radius 3 is 2.54 bits per heavy atom. The van der Waals surface area contributed by atoms with Crippen LogP contribution < -0.4 is 0 Å². The number of nitro benzene ring substituents is 1. The molecule has 0 spiro atoms. The van der Waals surface area contributed by atoms with Gasteiger partial charge in [-0.15, -0.1) is 0 Å². The van der Waals surface area contributed by atoms with Crippen LogP contribution in [0.25, 0.3) is 0 Å². The van der Waals surface area contributed by atoms with Gasteiger partial charge in [-0.25, -0.2) is 0 Å². The third-order valence-electron chi connectivity index (χ3n) is 1.62. The van der Waals surface area contributed by atoms with Crippen LogP contribution in [0.1, 0.15) is 17.3 Å². The monoisotopic (exact) mass is 307 g/mol. The van der Waals surface area contributed by atoms with Gasteiger partial charge >= 0.3 is 0 Å². The number of halogens is 2. The van der Waals surface area contributed by atoms with E-state index in [1.54, 1.807) is 6.07 Å². The van der Waals surface area contributed by atoms with Gasteiger partial charge in [0.2, 0.25) is 0 Å². The number of hydrogen-bond donors (Lipinski definition) is 0. The minimum atomic E-state index is -0.409. The topological polar surface area (TPSA) is 43.1 Å². The van der Waals surface area contributed by atoms with Crippen LogP contribution in [0.5, 0.6) is 0 Å². The first-order valence-electron chi connectivity index (χ1n) is 3.60. The quantitative estimate of drug-likeness (QED) is 0.473. The molecule has 0 saturated carbocycles. The molecule has 0 fully saturated rings. The van der Waals surface area contributed by atoms with Crippen molar-refractivity contribution in [2.45, 2.75) is 11.8 Å². The number of rotatable bonds is 2. The zero-order chi connectivity index (χ0) is 10.0. The van der Waals surface area contributed by atoms with E-state index in [2.05, 4.69) is 31.9 Å². The fraction of sp³-hybridized carbons (Fsp3) is 0.250. The normalized spacial score (nSPS) is 12.5. The minimum absolute atomic E-state index is 0.101. The Hall–Kier alpha value is -0.420. The Morgan fingerprint density at radius 1 is 1.54 bits per heavy atom. The van der Waals surface area contributed by atoms with Gasteiger partial charge in [-0.05, 0) is 18.6 Å². The minimum Gasteiger partial charge on any atom is -0.258 e. The molecule has 1 aromatic carbocycles. The summed E-state index contributed by atoms with van der Waals surface area (Å²) in [5, 5.41) is 10.4. The first-order valence-corrected chi connectivity index (χ1v) is 5.31. The number of alkyl halides is 1. The predicted octanol–water partition coefficient (Wildman–Crippen LogP) is 3.81. The van der Waals surface area contributed by atoms with Gasteiger partial charge in [0.05, 0.1) is 4.92 Å². The fourth-order valence-corrected chi connectivity index (χ4v) is 2.37. The summed E-state index contributed by atoms with van der Waals surface area (Å²) in [5.41, 5.74) is 1.11. The molecule has 0 aliphatic heterocycles. The molecule has 0 aliphatic carbocycles. The van der Waals surface area contributed by atoms with E-state index < -0.39 is 4.92 Å². The molecule has 0 bridgehead atoms. The molecular weight excluding hydrogens is 302 g/mol. The van der Waals surface area contributed by atoms with Crippen molar-refractivity contribution < 1.29 is 4.92 Å². The molecule has 70 valence electrons. The van der Waals surface area contributed by atoms with E-state index in [-0.39, 0.29) is 10.5 Å². The molecule has 0 heterocycles. The van der Waals surface area contributed by atoms with Crippen LogP contribution in [-0.4, -0.2) is 4.92 Å². The Bertz CT molecular complexity index is 339. The van der Waals surface area contributed by atoms with E-state index in [1.807, 2.05) is 6.92 Å². The van der Waals surface area contributed by atoms with Crippen molar-refractivity contribution in [3.8, 4) is 0 Å². The lowest BCUT2D eigenvalue weighted by molar-refractivity contribution is -0.384. The van der Waals surface area contributed by atoms with Crippen molar-refractivity contribution in [3.63, 3.8) is 0 Å². The second-order valence-corrected chi connectivity index (χ2v) is 4.81. The molecule has 13 heavy (non-hydrogen) atoms. The fourth-order valence-electron chi connectivity index (χ4n) is 0.952.